The molecule has 0 radical (unpaired) electrons. The number of hydrogen-bond donors (Lipinski definition) is 1. The van der Waals surface area contributed by atoms with Crippen molar-refractivity contribution >= 4 is 46.4 Å². The molecule has 2 rings (SSSR count). The predicted octanol–water partition coefficient (Wildman–Crippen LogP) is 5.67. The topological polar surface area (TPSA) is 20.2 Å². The Morgan fingerprint density at radius 2 is 1.41 bits per heavy atom. The molecule has 0 aliphatic rings. The third-order valence-corrected chi connectivity index (χ3v) is 3.72. The lowest BCUT2D eigenvalue weighted by Crippen LogP contribution is -1.84. The molecule has 88 valence electrons. The molecule has 17 heavy (non-hydrogen) atoms. The summed E-state index contributed by atoms with van der Waals surface area (Å²) in [5.74, 6) is -0.0692. The normalized spacial score (nSPS) is 10.6. The number of halogens is 4. The molecular formula is C12H6Cl4O. The highest BCUT2D eigenvalue weighted by Gasteiger charge is 2.16. The van der Waals surface area contributed by atoms with E-state index in [2.05, 4.69) is 0 Å². The first kappa shape index (κ1) is 12.8. The number of hydrogen-bond acceptors (Lipinski definition) is 1. The van der Waals surface area contributed by atoms with Gasteiger partial charge >= 0.3 is 0 Å². The Hall–Kier alpha value is -0.600. The standard InChI is InChI=1S/C12H6Cl4O/c13-7-4-5-8(14)11(16)10(7)6-2-1-3-9(15)12(6)17/h1-5,17H. The molecule has 1 nitrogen and oxygen atoms in total. The van der Waals surface area contributed by atoms with Crippen LogP contribution in [0.15, 0.2) is 30.3 Å². The van der Waals surface area contributed by atoms with E-state index in [0.717, 1.165) is 0 Å². The maximum absolute atomic E-state index is 9.90. The van der Waals surface area contributed by atoms with E-state index in [0.29, 0.717) is 21.2 Å². The zero-order chi connectivity index (χ0) is 12.6. The predicted molar refractivity (Wildman–Crippen MR) is 73.6 cm³/mol. The van der Waals surface area contributed by atoms with Crippen LogP contribution in [-0.4, -0.2) is 5.11 Å². The third-order valence-electron chi connectivity index (χ3n) is 2.30. The van der Waals surface area contributed by atoms with E-state index in [4.69, 9.17) is 46.4 Å². The lowest BCUT2D eigenvalue weighted by atomic mass is 10.0. The highest BCUT2D eigenvalue weighted by Crippen LogP contribution is 2.44. The van der Waals surface area contributed by atoms with E-state index in [1.165, 1.54) is 0 Å². The van der Waals surface area contributed by atoms with Gasteiger partial charge in [-0.05, 0) is 18.2 Å². The molecule has 0 atom stereocenters. The molecule has 0 heterocycles. The van der Waals surface area contributed by atoms with Crippen molar-refractivity contribution in [3.05, 3.63) is 50.4 Å². The molecular weight excluding hydrogens is 302 g/mol. The van der Waals surface area contributed by atoms with Crippen molar-refractivity contribution in [2.45, 2.75) is 0 Å². The minimum absolute atomic E-state index is 0.0692. The van der Waals surface area contributed by atoms with Crippen LogP contribution in [0, 0.1) is 0 Å². The van der Waals surface area contributed by atoms with Crippen LogP contribution in [0.5, 0.6) is 5.75 Å². The van der Waals surface area contributed by atoms with Crippen LogP contribution < -0.4 is 0 Å². The smallest absolute Gasteiger partial charge is 0.142 e. The summed E-state index contributed by atoms with van der Waals surface area (Å²) >= 11 is 23.9. The van der Waals surface area contributed by atoms with Crippen molar-refractivity contribution in [2.75, 3.05) is 0 Å². The Bertz CT molecular complexity index is 581. The van der Waals surface area contributed by atoms with E-state index in [-0.39, 0.29) is 15.8 Å². The largest absolute Gasteiger partial charge is 0.506 e. The maximum atomic E-state index is 9.90. The number of aromatic hydroxyl groups is 1. The van der Waals surface area contributed by atoms with Gasteiger partial charge < -0.3 is 5.11 Å². The molecule has 0 aliphatic heterocycles. The van der Waals surface area contributed by atoms with Gasteiger partial charge in [0.15, 0.2) is 0 Å². The molecule has 0 saturated heterocycles. The fourth-order valence-electron chi connectivity index (χ4n) is 1.49. The van der Waals surface area contributed by atoms with Gasteiger partial charge in [0.2, 0.25) is 0 Å². The van der Waals surface area contributed by atoms with Gasteiger partial charge in [-0.15, -0.1) is 0 Å². The summed E-state index contributed by atoms with van der Waals surface area (Å²) in [6.07, 6.45) is 0. The molecule has 5 heteroatoms. The second-order valence-corrected chi connectivity index (χ2v) is 4.95. The molecule has 0 bridgehead atoms. The Balaban J connectivity index is 2.77. The summed E-state index contributed by atoms with van der Waals surface area (Å²) < 4.78 is 0. The molecule has 2 aromatic rings. The fourth-order valence-corrected chi connectivity index (χ4v) is 2.40. The van der Waals surface area contributed by atoms with Gasteiger partial charge in [-0.3, -0.25) is 0 Å². The maximum Gasteiger partial charge on any atom is 0.142 e. The van der Waals surface area contributed by atoms with Crippen molar-refractivity contribution in [1.29, 1.82) is 0 Å². The van der Waals surface area contributed by atoms with Gasteiger partial charge in [0.1, 0.15) is 5.75 Å². The number of phenols is 1. The molecule has 1 N–H and O–H groups in total. The molecule has 2 aromatic carbocycles. The number of benzene rings is 2. The van der Waals surface area contributed by atoms with E-state index in [9.17, 15) is 5.11 Å². The molecule has 0 amide bonds. The Morgan fingerprint density at radius 1 is 0.765 bits per heavy atom. The zero-order valence-electron chi connectivity index (χ0n) is 8.35. The molecule has 0 fully saturated rings. The Kier molecular flexibility index (Phi) is 3.74. The second kappa shape index (κ2) is 4.95. The van der Waals surface area contributed by atoms with Crippen molar-refractivity contribution in [3.8, 4) is 16.9 Å². The molecule has 0 aliphatic carbocycles. The van der Waals surface area contributed by atoms with Gasteiger partial charge in [0, 0.05) is 11.1 Å². The van der Waals surface area contributed by atoms with Gasteiger partial charge in [-0.1, -0.05) is 58.5 Å². The fraction of sp³-hybridized carbons (Fsp3) is 0. The number of rotatable bonds is 1. The molecule has 0 unspecified atom stereocenters. The van der Waals surface area contributed by atoms with E-state index >= 15 is 0 Å². The minimum Gasteiger partial charge on any atom is -0.506 e. The minimum atomic E-state index is -0.0692. The highest BCUT2D eigenvalue weighted by atomic mass is 35.5. The van der Waals surface area contributed by atoms with Crippen LogP contribution in [-0.2, 0) is 0 Å². The van der Waals surface area contributed by atoms with Crippen molar-refractivity contribution in [3.63, 3.8) is 0 Å². The lowest BCUT2D eigenvalue weighted by Gasteiger charge is -2.11. The first-order chi connectivity index (χ1) is 8.02. The van der Waals surface area contributed by atoms with Crippen molar-refractivity contribution in [1.82, 2.24) is 0 Å². The Labute approximate surface area is 118 Å². The molecule has 0 saturated carbocycles. The van der Waals surface area contributed by atoms with Gasteiger partial charge in [-0.2, -0.15) is 0 Å². The summed E-state index contributed by atoms with van der Waals surface area (Å²) in [7, 11) is 0. The second-order valence-electron chi connectivity index (χ2n) is 3.35. The third kappa shape index (κ3) is 2.34. The number of para-hydroxylation sites is 1. The lowest BCUT2D eigenvalue weighted by molar-refractivity contribution is 0.477. The van der Waals surface area contributed by atoms with Gasteiger partial charge in [0.25, 0.3) is 0 Å². The van der Waals surface area contributed by atoms with Crippen LogP contribution in [0.4, 0.5) is 0 Å². The summed E-state index contributed by atoms with van der Waals surface area (Å²) in [4.78, 5) is 0. The molecule has 0 spiro atoms. The molecule has 0 aromatic heterocycles. The summed E-state index contributed by atoms with van der Waals surface area (Å²) in [5.41, 5.74) is 0.927. The van der Waals surface area contributed by atoms with E-state index in [1.807, 2.05) is 0 Å². The first-order valence-electron chi connectivity index (χ1n) is 4.63. The SMILES string of the molecule is Oc1c(Cl)cccc1-c1c(Cl)ccc(Cl)c1Cl. The zero-order valence-corrected chi connectivity index (χ0v) is 11.4. The van der Waals surface area contributed by atoms with E-state index in [1.54, 1.807) is 30.3 Å². The van der Waals surface area contributed by atoms with Crippen LogP contribution >= 0.6 is 46.4 Å². The summed E-state index contributed by atoms with van der Waals surface area (Å²) in [5, 5.41) is 11.2. The average molecular weight is 308 g/mol. The van der Waals surface area contributed by atoms with Crippen LogP contribution in [0.25, 0.3) is 11.1 Å². The van der Waals surface area contributed by atoms with E-state index < -0.39 is 0 Å². The highest BCUT2D eigenvalue weighted by molar-refractivity contribution is 6.46. The van der Waals surface area contributed by atoms with Crippen LogP contribution in [0.1, 0.15) is 0 Å². The van der Waals surface area contributed by atoms with Gasteiger partial charge in [-0.25, -0.2) is 0 Å². The van der Waals surface area contributed by atoms with Crippen molar-refractivity contribution < 1.29 is 5.11 Å². The van der Waals surface area contributed by atoms with Crippen molar-refractivity contribution in [2.24, 2.45) is 0 Å². The van der Waals surface area contributed by atoms with Gasteiger partial charge in [0.05, 0.1) is 20.1 Å². The summed E-state index contributed by atoms with van der Waals surface area (Å²) in [6, 6.07) is 8.16. The first-order valence-corrected chi connectivity index (χ1v) is 6.15. The van der Waals surface area contributed by atoms with Crippen LogP contribution in [0.2, 0.25) is 20.1 Å². The Morgan fingerprint density at radius 3 is 2.12 bits per heavy atom. The average Bonchev–Trinajstić information content (AvgIpc) is 2.30. The van der Waals surface area contributed by atoms with Crippen LogP contribution in [0.3, 0.4) is 0 Å². The quantitative estimate of drug-likeness (QED) is 0.673. The monoisotopic (exact) mass is 306 g/mol. The number of phenolic OH excluding ortho intramolecular Hbond substituents is 1. The summed E-state index contributed by atoms with van der Waals surface area (Å²) in [6.45, 7) is 0.